The molecule has 0 fully saturated rings. The minimum Gasteiger partial charge on any atom is -0.497 e. The van der Waals surface area contributed by atoms with Gasteiger partial charge in [-0.3, -0.25) is 0 Å². The highest BCUT2D eigenvalue weighted by molar-refractivity contribution is 9.10. The molecule has 106 valence electrons. The first-order chi connectivity index (χ1) is 9.43. The van der Waals surface area contributed by atoms with E-state index < -0.39 is 17.7 Å². The lowest BCUT2D eigenvalue weighted by Crippen LogP contribution is -2.16. The molecule has 1 unspecified atom stereocenters. The molecule has 0 aliphatic rings. The third kappa shape index (κ3) is 2.95. The predicted molar refractivity (Wildman–Crippen MR) is 78.1 cm³/mol. The van der Waals surface area contributed by atoms with E-state index in [4.69, 9.17) is 22.1 Å². The zero-order valence-electron chi connectivity index (χ0n) is 10.5. The summed E-state index contributed by atoms with van der Waals surface area (Å²) >= 11 is 9.12. The molecule has 20 heavy (non-hydrogen) atoms. The third-order valence-electron chi connectivity index (χ3n) is 2.90. The van der Waals surface area contributed by atoms with E-state index >= 15 is 0 Å². The van der Waals surface area contributed by atoms with E-state index in [1.807, 2.05) is 0 Å². The van der Waals surface area contributed by atoms with Gasteiger partial charge in [-0.2, -0.15) is 0 Å². The Hall–Kier alpha value is -1.17. The van der Waals surface area contributed by atoms with E-state index in [2.05, 4.69) is 15.9 Å². The molecule has 0 spiro atoms. The summed E-state index contributed by atoms with van der Waals surface area (Å²) in [7, 11) is 1.34. The van der Waals surface area contributed by atoms with Crippen molar-refractivity contribution in [2.24, 2.45) is 5.73 Å². The highest BCUT2D eigenvalue weighted by Gasteiger charge is 2.21. The zero-order chi connectivity index (χ0) is 14.9. The Labute approximate surface area is 128 Å². The van der Waals surface area contributed by atoms with Gasteiger partial charge in [-0.05, 0) is 17.7 Å². The van der Waals surface area contributed by atoms with Crippen molar-refractivity contribution < 1.29 is 13.5 Å². The first-order valence-electron chi connectivity index (χ1n) is 5.67. The number of ether oxygens (including phenoxy) is 1. The standard InChI is InChI=1S/C14H11BrClF2NO/c1-20-8-5-11(17)13(12(18)6-8)14(19)9-3-2-7(16)4-10(9)15/h2-6,14H,19H2,1H3. The highest BCUT2D eigenvalue weighted by Crippen LogP contribution is 2.33. The molecule has 0 aromatic heterocycles. The predicted octanol–water partition coefficient (Wildman–Crippen LogP) is 4.44. The number of nitrogens with two attached hydrogens (primary N) is 1. The molecular formula is C14H11BrClF2NO. The van der Waals surface area contributed by atoms with E-state index in [0.717, 1.165) is 12.1 Å². The van der Waals surface area contributed by atoms with Crippen LogP contribution >= 0.6 is 27.5 Å². The van der Waals surface area contributed by atoms with Crippen molar-refractivity contribution in [1.82, 2.24) is 0 Å². The summed E-state index contributed by atoms with van der Waals surface area (Å²) in [6.45, 7) is 0. The van der Waals surface area contributed by atoms with E-state index in [9.17, 15) is 8.78 Å². The molecule has 2 aromatic rings. The smallest absolute Gasteiger partial charge is 0.134 e. The number of benzene rings is 2. The van der Waals surface area contributed by atoms with Crippen LogP contribution in [0.15, 0.2) is 34.8 Å². The fourth-order valence-corrected chi connectivity index (χ4v) is 2.81. The average molecular weight is 363 g/mol. The van der Waals surface area contributed by atoms with Gasteiger partial charge in [0, 0.05) is 27.2 Å². The summed E-state index contributed by atoms with van der Waals surface area (Å²) < 4.78 is 33.4. The molecule has 6 heteroatoms. The number of hydrogen-bond acceptors (Lipinski definition) is 2. The van der Waals surface area contributed by atoms with E-state index in [1.54, 1.807) is 18.2 Å². The lowest BCUT2D eigenvalue weighted by atomic mass is 9.98. The Kier molecular flexibility index (Phi) is 4.62. The maximum atomic E-state index is 14.0. The molecule has 0 saturated carbocycles. The van der Waals surface area contributed by atoms with Crippen molar-refractivity contribution >= 4 is 27.5 Å². The van der Waals surface area contributed by atoms with Crippen LogP contribution in [0, 0.1) is 11.6 Å². The molecule has 1 atom stereocenters. The van der Waals surface area contributed by atoms with Crippen LogP contribution in [-0.4, -0.2) is 7.11 Å². The molecule has 2 rings (SSSR count). The molecule has 0 heterocycles. The van der Waals surface area contributed by atoms with Gasteiger partial charge < -0.3 is 10.5 Å². The molecule has 2 aromatic carbocycles. The molecular weight excluding hydrogens is 352 g/mol. The zero-order valence-corrected chi connectivity index (χ0v) is 12.8. The largest absolute Gasteiger partial charge is 0.497 e. The van der Waals surface area contributed by atoms with Gasteiger partial charge >= 0.3 is 0 Å². The summed E-state index contributed by atoms with van der Waals surface area (Å²) in [6.07, 6.45) is 0. The first-order valence-corrected chi connectivity index (χ1v) is 6.84. The van der Waals surface area contributed by atoms with Crippen LogP contribution in [0.4, 0.5) is 8.78 Å². The van der Waals surface area contributed by atoms with E-state index in [-0.39, 0.29) is 11.3 Å². The van der Waals surface area contributed by atoms with Gasteiger partial charge in [0.15, 0.2) is 0 Å². The van der Waals surface area contributed by atoms with Gasteiger partial charge in [-0.1, -0.05) is 33.6 Å². The highest BCUT2D eigenvalue weighted by atomic mass is 79.9. The second-order valence-corrected chi connectivity index (χ2v) is 5.44. The summed E-state index contributed by atoms with van der Waals surface area (Å²) in [6, 6.07) is 6.11. The van der Waals surface area contributed by atoms with Gasteiger partial charge in [0.1, 0.15) is 17.4 Å². The van der Waals surface area contributed by atoms with Crippen molar-refractivity contribution in [3.63, 3.8) is 0 Å². The van der Waals surface area contributed by atoms with Gasteiger partial charge in [0.25, 0.3) is 0 Å². The van der Waals surface area contributed by atoms with E-state index in [1.165, 1.54) is 7.11 Å². The fraction of sp³-hybridized carbons (Fsp3) is 0.143. The van der Waals surface area contributed by atoms with Crippen LogP contribution in [0.2, 0.25) is 5.02 Å². The molecule has 0 bridgehead atoms. The fourth-order valence-electron chi connectivity index (χ4n) is 1.89. The van der Waals surface area contributed by atoms with Gasteiger partial charge in [0.05, 0.1) is 13.2 Å². The summed E-state index contributed by atoms with van der Waals surface area (Å²) in [5, 5.41) is 0.503. The molecule has 2 N–H and O–H groups in total. The van der Waals surface area contributed by atoms with Gasteiger partial charge in [0.2, 0.25) is 0 Å². The molecule has 0 radical (unpaired) electrons. The van der Waals surface area contributed by atoms with Crippen molar-refractivity contribution in [2.75, 3.05) is 7.11 Å². The second kappa shape index (κ2) is 6.08. The van der Waals surface area contributed by atoms with Gasteiger partial charge in [-0.25, -0.2) is 8.78 Å². The number of hydrogen-bond donors (Lipinski definition) is 1. The molecule has 2 nitrogen and oxygen atoms in total. The Balaban J connectivity index is 2.50. The lowest BCUT2D eigenvalue weighted by molar-refractivity contribution is 0.404. The van der Waals surface area contributed by atoms with E-state index in [0.29, 0.717) is 15.1 Å². The molecule has 0 aliphatic carbocycles. The van der Waals surface area contributed by atoms with Crippen molar-refractivity contribution in [3.8, 4) is 5.75 Å². The quantitative estimate of drug-likeness (QED) is 0.876. The Morgan fingerprint density at radius 2 is 1.80 bits per heavy atom. The second-order valence-electron chi connectivity index (χ2n) is 4.15. The summed E-state index contributed by atoms with van der Waals surface area (Å²) in [4.78, 5) is 0. The van der Waals surface area contributed by atoms with Gasteiger partial charge in [-0.15, -0.1) is 0 Å². The average Bonchev–Trinajstić information content (AvgIpc) is 2.37. The number of rotatable bonds is 3. The summed E-state index contributed by atoms with van der Waals surface area (Å²) in [5.74, 6) is -1.40. The van der Waals surface area contributed by atoms with Crippen LogP contribution in [0.1, 0.15) is 17.2 Å². The number of halogens is 4. The van der Waals surface area contributed by atoms with Crippen LogP contribution in [0.5, 0.6) is 5.75 Å². The van der Waals surface area contributed by atoms with Crippen LogP contribution in [-0.2, 0) is 0 Å². The van der Waals surface area contributed by atoms with Crippen molar-refractivity contribution in [3.05, 3.63) is 62.6 Å². The minimum absolute atomic E-state index is 0.103. The Bertz CT molecular complexity index is 628. The first kappa shape index (κ1) is 15.2. The van der Waals surface area contributed by atoms with Crippen LogP contribution in [0.3, 0.4) is 0 Å². The van der Waals surface area contributed by atoms with Crippen LogP contribution in [0.25, 0.3) is 0 Å². The maximum Gasteiger partial charge on any atom is 0.134 e. The minimum atomic E-state index is -0.951. The summed E-state index contributed by atoms with van der Waals surface area (Å²) in [5.41, 5.74) is 6.29. The monoisotopic (exact) mass is 361 g/mol. The number of methoxy groups -OCH3 is 1. The Morgan fingerprint density at radius 3 is 2.30 bits per heavy atom. The SMILES string of the molecule is COc1cc(F)c(C(N)c2ccc(Cl)cc2Br)c(F)c1. The lowest BCUT2D eigenvalue weighted by Gasteiger charge is -2.17. The molecule has 0 amide bonds. The van der Waals surface area contributed by atoms with Crippen molar-refractivity contribution in [2.45, 2.75) is 6.04 Å². The Morgan fingerprint density at radius 1 is 1.20 bits per heavy atom. The third-order valence-corrected chi connectivity index (χ3v) is 3.82. The molecule has 0 aliphatic heterocycles. The molecule has 0 saturated heterocycles. The normalized spacial score (nSPS) is 12.3. The maximum absolute atomic E-state index is 14.0. The van der Waals surface area contributed by atoms with Crippen LogP contribution < -0.4 is 10.5 Å². The topological polar surface area (TPSA) is 35.2 Å². The van der Waals surface area contributed by atoms with Crippen molar-refractivity contribution in [1.29, 1.82) is 0 Å².